The van der Waals surface area contributed by atoms with Gasteiger partial charge in [0.15, 0.2) is 0 Å². The van der Waals surface area contributed by atoms with Crippen molar-refractivity contribution in [2.24, 2.45) is 0 Å². The minimum Gasteiger partial charge on any atom is -0.480 e. The number of hydrogen-bond donors (Lipinski definition) is 2. The average Bonchev–Trinajstić information content (AvgIpc) is 3.84. The molecule has 0 radical (unpaired) electrons. The molecule has 4 aromatic heterocycles. The van der Waals surface area contributed by atoms with Crippen LogP contribution in [-0.2, 0) is 28.9 Å². The highest BCUT2D eigenvalue weighted by atomic mass is 32.1. The van der Waals surface area contributed by atoms with E-state index >= 15 is 0 Å². The average molecular weight is 713 g/mol. The normalized spacial score (nSPS) is 12.4. The van der Waals surface area contributed by atoms with E-state index < -0.39 is 23.7 Å². The van der Waals surface area contributed by atoms with Gasteiger partial charge in [-0.25, -0.2) is 9.59 Å². The van der Waals surface area contributed by atoms with Crippen molar-refractivity contribution in [1.82, 2.24) is 20.3 Å². The van der Waals surface area contributed by atoms with E-state index in [1.54, 1.807) is 32.1 Å². The highest BCUT2D eigenvalue weighted by molar-refractivity contribution is 7.27. The van der Waals surface area contributed by atoms with Crippen molar-refractivity contribution in [3.05, 3.63) is 47.0 Å². The maximum atomic E-state index is 12.1. The van der Waals surface area contributed by atoms with Crippen molar-refractivity contribution < 1.29 is 19.4 Å². The summed E-state index contributed by atoms with van der Waals surface area (Å²) in [5.74, 6) is -1.07. The van der Waals surface area contributed by atoms with Crippen LogP contribution in [0.3, 0.4) is 0 Å². The number of hydrogen-bond acceptors (Lipinski definition) is 8. The smallest absolute Gasteiger partial charge is 0.408 e. The van der Waals surface area contributed by atoms with Gasteiger partial charge in [-0.2, -0.15) is 0 Å². The Labute approximate surface area is 297 Å². The second-order valence-corrected chi connectivity index (χ2v) is 16.5. The number of aryl methyl sites for hydroxylation is 3. The Kier molecular flexibility index (Phi) is 14.7. The van der Waals surface area contributed by atoms with E-state index in [-0.39, 0.29) is 0 Å². The number of nitrogens with one attached hydrogen (secondary N) is 1. The fourth-order valence-corrected chi connectivity index (χ4v) is 9.04. The molecule has 0 aliphatic carbocycles. The molecule has 1 atom stereocenters. The Morgan fingerprint density at radius 1 is 0.875 bits per heavy atom. The fourth-order valence-electron chi connectivity index (χ4n) is 5.62. The molecule has 0 bridgehead atoms. The molecule has 4 aromatic rings. The van der Waals surface area contributed by atoms with Gasteiger partial charge in [0.05, 0.1) is 11.1 Å². The highest BCUT2D eigenvalue weighted by Gasteiger charge is 2.24. The van der Waals surface area contributed by atoms with Crippen molar-refractivity contribution in [3.8, 4) is 30.1 Å². The van der Waals surface area contributed by atoms with E-state index in [0.29, 0.717) is 25.8 Å². The Morgan fingerprint density at radius 3 is 2.27 bits per heavy atom. The van der Waals surface area contributed by atoms with Crippen LogP contribution in [0.25, 0.3) is 30.1 Å². The number of alkyl carbamates (subject to hydrolysis) is 1. The molecule has 0 aliphatic rings. The molecule has 0 saturated carbocycles. The van der Waals surface area contributed by atoms with Crippen LogP contribution in [-0.4, -0.2) is 43.8 Å². The second-order valence-electron chi connectivity index (χ2n) is 13.4. The number of carbonyl (C=O) groups excluding carboxylic acids is 1. The zero-order valence-electron chi connectivity index (χ0n) is 29.2. The first-order chi connectivity index (χ1) is 23.1. The lowest BCUT2D eigenvalue weighted by Gasteiger charge is -2.22. The number of aromatic nitrogens is 3. The van der Waals surface area contributed by atoms with Gasteiger partial charge >= 0.3 is 12.1 Å². The largest absolute Gasteiger partial charge is 0.480 e. The molecule has 0 unspecified atom stereocenters. The number of ether oxygens (including phenoxy) is 1. The van der Waals surface area contributed by atoms with Crippen molar-refractivity contribution >= 4 is 46.1 Å². The van der Waals surface area contributed by atoms with Gasteiger partial charge in [0.2, 0.25) is 0 Å². The first-order valence-electron chi connectivity index (χ1n) is 17.5. The molecule has 48 heavy (non-hydrogen) atoms. The molecule has 262 valence electrons. The maximum absolute atomic E-state index is 12.1. The Hall–Kier alpha value is -3.02. The first-order valence-corrected chi connectivity index (χ1v) is 20.0. The van der Waals surface area contributed by atoms with Crippen molar-refractivity contribution in [2.75, 3.05) is 0 Å². The molecule has 4 rings (SSSR count). The summed E-state index contributed by atoms with van der Waals surface area (Å²) in [4.78, 5) is 30.3. The van der Waals surface area contributed by atoms with Gasteiger partial charge in [-0.05, 0) is 106 Å². The summed E-state index contributed by atoms with van der Waals surface area (Å²) >= 11 is 5.58. The molecule has 1 amide bonds. The van der Waals surface area contributed by atoms with E-state index in [9.17, 15) is 14.7 Å². The van der Waals surface area contributed by atoms with Crippen LogP contribution in [0.5, 0.6) is 0 Å². The van der Waals surface area contributed by atoms with Crippen LogP contribution in [0.4, 0.5) is 4.79 Å². The van der Waals surface area contributed by atoms with Crippen LogP contribution in [0.2, 0.25) is 0 Å². The topological polar surface area (TPSA) is 106 Å². The lowest BCUT2D eigenvalue weighted by Crippen LogP contribution is -2.43. The summed E-state index contributed by atoms with van der Waals surface area (Å²) < 4.78 is 7.02. The molecule has 0 spiro atoms. The van der Waals surface area contributed by atoms with Gasteiger partial charge in [-0.1, -0.05) is 57.6 Å². The monoisotopic (exact) mass is 712 g/mol. The first kappa shape index (κ1) is 37.8. The zero-order chi connectivity index (χ0) is 34.5. The van der Waals surface area contributed by atoms with Gasteiger partial charge in [0, 0.05) is 26.1 Å². The third kappa shape index (κ3) is 11.6. The predicted octanol–water partition coefficient (Wildman–Crippen LogP) is 10.9. The van der Waals surface area contributed by atoms with E-state index in [4.69, 9.17) is 4.74 Å². The van der Waals surface area contributed by atoms with Gasteiger partial charge in [0.1, 0.15) is 17.3 Å². The minimum atomic E-state index is -1.07. The summed E-state index contributed by atoms with van der Waals surface area (Å²) in [5.41, 5.74) is 3.10. The number of nitrogens with zero attached hydrogens (tertiary/aromatic N) is 3. The molecule has 0 aromatic carbocycles. The standard InChI is InChI=1S/C37H52N4O4S3/c1-6-8-10-12-16-26-21-23-46-33(26)32-24-27(17-13-11-9-7-2)34(48-32)31-20-19-30(47-31)29-25-41(40-39-29)22-15-14-18-28(35(42)43)38-36(44)45-37(3,4)5/h19-21,23-25,28H,6-18,22H2,1-5H3,(H,38,44)(H,42,43)/t28-/m0/s1. The molecule has 4 heterocycles. The summed E-state index contributed by atoms with van der Waals surface area (Å²) in [6, 6.07) is 8.17. The Morgan fingerprint density at radius 2 is 1.58 bits per heavy atom. The second kappa shape index (κ2) is 18.7. The van der Waals surface area contributed by atoms with Crippen molar-refractivity contribution in [2.45, 2.75) is 136 Å². The summed E-state index contributed by atoms with van der Waals surface area (Å²) in [6.07, 6.45) is 15.2. The van der Waals surface area contributed by atoms with E-state index in [1.807, 2.05) is 33.6 Å². The number of amides is 1. The SMILES string of the molecule is CCCCCCc1ccsc1-c1cc(CCCCCC)c(-c2ccc(-c3cn(CCCC[C@H](NC(=O)OC(C)(C)C)C(=O)O)nn3)s2)s1. The third-order valence-electron chi connectivity index (χ3n) is 8.12. The van der Waals surface area contributed by atoms with Crippen LogP contribution in [0.1, 0.15) is 116 Å². The van der Waals surface area contributed by atoms with E-state index in [1.165, 1.54) is 82.0 Å². The lowest BCUT2D eigenvalue weighted by molar-refractivity contribution is -0.139. The number of carboxylic acid groups (broad SMARTS) is 1. The number of carboxylic acids is 1. The van der Waals surface area contributed by atoms with Gasteiger partial charge < -0.3 is 15.2 Å². The molecule has 11 heteroatoms. The van der Waals surface area contributed by atoms with E-state index in [2.05, 4.69) is 59.1 Å². The highest BCUT2D eigenvalue weighted by Crippen LogP contribution is 2.45. The molecular formula is C37H52N4O4S3. The molecule has 0 aliphatic heterocycles. The van der Waals surface area contributed by atoms with Crippen LogP contribution >= 0.6 is 34.0 Å². The summed E-state index contributed by atoms with van der Waals surface area (Å²) in [6.45, 7) is 10.4. The van der Waals surface area contributed by atoms with Gasteiger partial charge in [-0.3, -0.25) is 4.68 Å². The number of thiophene rings is 3. The molecule has 0 saturated heterocycles. The van der Waals surface area contributed by atoms with Gasteiger partial charge in [-0.15, -0.1) is 39.1 Å². The molecular weight excluding hydrogens is 661 g/mol. The Bertz CT molecular complexity index is 1580. The molecule has 2 N–H and O–H groups in total. The summed E-state index contributed by atoms with van der Waals surface area (Å²) in [5, 5.41) is 23.1. The van der Waals surface area contributed by atoms with E-state index in [0.717, 1.165) is 23.4 Å². The fraction of sp³-hybridized carbons (Fsp3) is 0.568. The predicted molar refractivity (Wildman–Crippen MR) is 200 cm³/mol. The van der Waals surface area contributed by atoms with Gasteiger partial charge in [0.25, 0.3) is 0 Å². The molecule has 8 nitrogen and oxygen atoms in total. The number of unbranched alkanes of at least 4 members (excludes halogenated alkanes) is 7. The quantitative estimate of drug-likeness (QED) is 0.0884. The third-order valence-corrected chi connectivity index (χ3v) is 11.7. The Balaban J connectivity index is 1.40. The maximum Gasteiger partial charge on any atom is 0.408 e. The molecule has 0 fully saturated rings. The van der Waals surface area contributed by atoms with Crippen molar-refractivity contribution in [1.29, 1.82) is 0 Å². The van der Waals surface area contributed by atoms with Crippen LogP contribution in [0, 0.1) is 0 Å². The van der Waals surface area contributed by atoms with Crippen LogP contribution in [0.15, 0.2) is 35.8 Å². The summed E-state index contributed by atoms with van der Waals surface area (Å²) in [7, 11) is 0. The number of carbonyl (C=O) groups is 2. The minimum absolute atomic E-state index is 0.305. The number of rotatable bonds is 20. The number of aliphatic carboxylic acids is 1. The van der Waals surface area contributed by atoms with Crippen molar-refractivity contribution in [3.63, 3.8) is 0 Å². The zero-order valence-corrected chi connectivity index (χ0v) is 31.6. The lowest BCUT2D eigenvalue weighted by atomic mass is 10.0. The van der Waals surface area contributed by atoms with Crippen LogP contribution < -0.4 is 5.32 Å².